The van der Waals surface area contributed by atoms with E-state index in [1.54, 1.807) is 0 Å². The van der Waals surface area contributed by atoms with Gasteiger partial charge in [-0.1, -0.05) is 6.07 Å². The molecule has 0 aromatic heterocycles. The molecule has 1 atom stereocenters. The van der Waals surface area contributed by atoms with Gasteiger partial charge in [0.2, 0.25) is 11.8 Å². The van der Waals surface area contributed by atoms with E-state index in [0.29, 0.717) is 19.5 Å². The van der Waals surface area contributed by atoms with E-state index in [0.717, 1.165) is 29.8 Å². The maximum Gasteiger partial charge on any atom is 0.232 e. The van der Waals surface area contributed by atoms with Crippen LogP contribution in [0.5, 0.6) is 0 Å². The largest absolute Gasteiger partial charge is 0.398 e. The smallest absolute Gasteiger partial charge is 0.232 e. The molecule has 6 heteroatoms. The molecule has 2 amide bonds. The summed E-state index contributed by atoms with van der Waals surface area (Å²) < 4.78 is 0. The summed E-state index contributed by atoms with van der Waals surface area (Å²) >= 11 is 0. The Bertz CT molecular complexity index is 654. The van der Waals surface area contributed by atoms with Crippen molar-refractivity contribution in [3.05, 3.63) is 23.8 Å². The summed E-state index contributed by atoms with van der Waals surface area (Å²) in [5.74, 6) is -0.133. The number of nitrogens with zero attached hydrogens (tertiary/aromatic N) is 2. The zero-order valence-electron chi connectivity index (χ0n) is 14.5. The van der Waals surface area contributed by atoms with Gasteiger partial charge < -0.3 is 15.5 Å². The van der Waals surface area contributed by atoms with Crippen LogP contribution in [0.15, 0.2) is 18.2 Å². The Morgan fingerprint density at radius 2 is 2.00 bits per heavy atom. The molecule has 0 saturated carbocycles. The summed E-state index contributed by atoms with van der Waals surface area (Å²) in [5.41, 5.74) is 8.55. The van der Waals surface area contributed by atoms with Gasteiger partial charge in [0.25, 0.3) is 0 Å². The number of carbonyl (C=O) groups is 2. The summed E-state index contributed by atoms with van der Waals surface area (Å²) in [5, 5.41) is 0. The minimum atomic E-state index is -0.255. The van der Waals surface area contributed by atoms with Crippen LogP contribution in [0.25, 0.3) is 0 Å². The highest BCUT2D eigenvalue weighted by Gasteiger charge is 2.41. The molecule has 1 unspecified atom stereocenters. The monoisotopic (exact) mass is 351 g/mol. The van der Waals surface area contributed by atoms with Crippen molar-refractivity contribution < 1.29 is 9.59 Å². The fourth-order valence-electron chi connectivity index (χ4n) is 3.62. The van der Waals surface area contributed by atoms with Crippen LogP contribution in [0, 0.1) is 5.92 Å². The Morgan fingerprint density at radius 3 is 2.62 bits per heavy atom. The van der Waals surface area contributed by atoms with E-state index in [1.165, 1.54) is 0 Å². The number of nitrogen functional groups attached to an aromatic ring is 1. The minimum Gasteiger partial charge on any atom is -0.398 e. The first-order valence-corrected chi connectivity index (χ1v) is 8.28. The fraction of sp³-hybridized carbons (Fsp3) is 0.556. The van der Waals surface area contributed by atoms with Crippen LogP contribution in [0.3, 0.4) is 0 Å². The molecule has 3 rings (SSSR count). The lowest BCUT2D eigenvalue weighted by Gasteiger charge is -2.34. The Labute approximate surface area is 149 Å². The Balaban J connectivity index is 0.00000208. The number of anilines is 2. The third kappa shape index (κ3) is 3.22. The van der Waals surface area contributed by atoms with E-state index in [9.17, 15) is 9.59 Å². The SMILES string of the molecule is CC(C)(C)N1CC(C(=O)N2CCCc3c(N)cccc32)CC1=O.Cl. The number of fused-ring (bicyclic) bond motifs is 1. The first-order valence-electron chi connectivity index (χ1n) is 8.28. The Morgan fingerprint density at radius 1 is 1.29 bits per heavy atom. The molecule has 132 valence electrons. The Hall–Kier alpha value is -1.75. The first kappa shape index (κ1) is 18.6. The molecule has 1 saturated heterocycles. The number of benzene rings is 1. The van der Waals surface area contributed by atoms with Gasteiger partial charge in [-0.15, -0.1) is 12.4 Å². The van der Waals surface area contributed by atoms with Crippen molar-refractivity contribution in [3.63, 3.8) is 0 Å². The van der Waals surface area contributed by atoms with Gasteiger partial charge in [-0.05, 0) is 51.3 Å². The van der Waals surface area contributed by atoms with Crippen molar-refractivity contribution >= 4 is 35.6 Å². The third-order valence-electron chi connectivity index (χ3n) is 4.84. The van der Waals surface area contributed by atoms with Crippen molar-refractivity contribution in [3.8, 4) is 0 Å². The van der Waals surface area contributed by atoms with Crippen LogP contribution in [-0.4, -0.2) is 35.3 Å². The van der Waals surface area contributed by atoms with Crippen LogP contribution < -0.4 is 10.6 Å². The molecule has 1 aromatic rings. The van der Waals surface area contributed by atoms with Gasteiger partial charge in [0.1, 0.15) is 0 Å². The fourth-order valence-corrected chi connectivity index (χ4v) is 3.62. The highest BCUT2D eigenvalue weighted by atomic mass is 35.5. The average Bonchev–Trinajstić information content (AvgIpc) is 2.89. The van der Waals surface area contributed by atoms with Crippen molar-refractivity contribution in [1.82, 2.24) is 4.90 Å². The highest BCUT2D eigenvalue weighted by Crippen LogP contribution is 2.34. The number of carbonyl (C=O) groups excluding carboxylic acids is 2. The Kier molecular flexibility index (Phi) is 5.14. The van der Waals surface area contributed by atoms with Gasteiger partial charge >= 0.3 is 0 Å². The van der Waals surface area contributed by atoms with Gasteiger partial charge in [0.05, 0.1) is 5.92 Å². The number of likely N-dealkylation sites (tertiary alicyclic amines) is 1. The molecule has 1 aromatic carbocycles. The standard InChI is InChI=1S/C18H25N3O2.ClH/c1-18(2,3)21-11-12(10-16(21)22)17(23)20-9-5-6-13-14(19)7-4-8-15(13)20;/h4,7-8,12H,5-6,9-11,19H2,1-3H3;1H. The molecule has 0 aliphatic carbocycles. The molecule has 2 aliphatic heterocycles. The van der Waals surface area contributed by atoms with E-state index in [2.05, 4.69) is 0 Å². The zero-order chi connectivity index (χ0) is 16.8. The molecule has 2 aliphatic rings. The normalized spacial score (nSPS) is 20.6. The molecule has 0 bridgehead atoms. The summed E-state index contributed by atoms with van der Waals surface area (Å²) in [6, 6.07) is 5.73. The summed E-state index contributed by atoms with van der Waals surface area (Å²) in [7, 11) is 0. The van der Waals surface area contributed by atoms with Crippen molar-refractivity contribution in [1.29, 1.82) is 0 Å². The van der Waals surface area contributed by atoms with E-state index < -0.39 is 0 Å². The van der Waals surface area contributed by atoms with Crippen molar-refractivity contribution in [2.24, 2.45) is 5.92 Å². The third-order valence-corrected chi connectivity index (χ3v) is 4.84. The molecule has 0 radical (unpaired) electrons. The van der Waals surface area contributed by atoms with Crippen LogP contribution in [0.2, 0.25) is 0 Å². The zero-order valence-corrected chi connectivity index (χ0v) is 15.4. The van der Waals surface area contributed by atoms with Crippen molar-refractivity contribution in [2.45, 2.75) is 45.6 Å². The van der Waals surface area contributed by atoms with E-state index in [4.69, 9.17) is 5.73 Å². The van der Waals surface area contributed by atoms with E-state index >= 15 is 0 Å². The second-order valence-corrected chi connectivity index (χ2v) is 7.51. The van der Waals surface area contributed by atoms with Crippen LogP contribution in [0.4, 0.5) is 11.4 Å². The summed E-state index contributed by atoms with van der Waals surface area (Å²) in [6.45, 7) is 7.24. The average molecular weight is 352 g/mol. The van der Waals surface area contributed by atoms with E-state index in [1.807, 2.05) is 48.8 Å². The van der Waals surface area contributed by atoms with Gasteiger partial charge in [0.15, 0.2) is 0 Å². The first-order chi connectivity index (χ1) is 10.8. The molecule has 2 N–H and O–H groups in total. The molecule has 1 fully saturated rings. The lowest BCUT2D eigenvalue weighted by molar-refractivity contribution is -0.131. The molecular formula is C18H26ClN3O2. The van der Waals surface area contributed by atoms with E-state index in [-0.39, 0.29) is 35.7 Å². The second-order valence-electron chi connectivity index (χ2n) is 7.51. The second kappa shape index (κ2) is 6.63. The quantitative estimate of drug-likeness (QED) is 0.791. The summed E-state index contributed by atoms with van der Waals surface area (Å²) in [4.78, 5) is 28.9. The minimum absolute atomic E-state index is 0. The molecule has 0 spiro atoms. The topological polar surface area (TPSA) is 66.6 Å². The summed E-state index contributed by atoms with van der Waals surface area (Å²) in [6.07, 6.45) is 2.13. The number of nitrogens with two attached hydrogens (primary N) is 1. The molecule has 2 heterocycles. The lowest BCUT2D eigenvalue weighted by Crippen LogP contribution is -2.44. The van der Waals surface area contributed by atoms with Gasteiger partial charge in [-0.25, -0.2) is 0 Å². The van der Waals surface area contributed by atoms with Gasteiger partial charge in [-0.3, -0.25) is 9.59 Å². The van der Waals surface area contributed by atoms with Crippen molar-refractivity contribution in [2.75, 3.05) is 23.7 Å². The number of hydrogen-bond donors (Lipinski definition) is 1. The van der Waals surface area contributed by atoms with Gasteiger partial charge in [0, 0.05) is 36.4 Å². The number of amides is 2. The maximum absolute atomic E-state index is 13.0. The highest BCUT2D eigenvalue weighted by molar-refractivity contribution is 6.00. The number of rotatable bonds is 1. The molecule has 5 nitrogen and oxygen atoms in total. The van der Waals surface area contributed by atoms with Crippen LogP contribution >= 0.6 is 12.4 Å². The predicted octanol–water partition coefficient (Wildman–Crippen LogP) is 2.62. The number of hydrogen-bond acceptors (Lipinski definition) is 3. The number of halogens is 1. The van der Waals surface area contributed by atoms with Gasteiger partial charge in [-0.2, -0.15) is 0 Å². The molecule has 24 heavy (non-hydrogen) atoms. The molecular weight excluding hydrogens is 326 g/mol. The van der Waals surface area contributed by atoms with Crippen LogP contribution in [-0.2, 0) is 16.0 Å². The van der Waals surface area contributed by atoms with Crippen LogP contribution in [0.1, 0.15) is 39.2 Å². The predicted molar refractivity (Wildman–Crippen MR) is 98.3 cm³/mol. The maximum atomic E-state index is 13.0. The lowest BCUT2D eigenvalue weighted by atomic mass is 9.97.